The fraction of sp³-hybridized carbons (Fsp3) is 0.176. The van der Waals surface area contributed by atoms with Crippen LogP contribution < -0.4 is 9.61 Å². The third kappa shape index (κ3) is 3.16. The number of ether oxygens (including phenoxy) is 1. The summed E-state index contributed by atoms with van der Waals surface area (Å²) >= 11 is 7.21. The van der Waals surface area contributed by atoms with Gasteiger partial charge in [-0.2, -0.15) is 0 Å². The monoisotopic (exact) mass is 347 g/mol. The molecule has 0 aliphatic rings. The highest BCUT2D eigenvalue weighted by atomic mass is 35.5. The number of hydrogen-bond acceptors (Lipinski definition) is 4. The first-order chi connectivity index (χ1) is 11.0. The minimum Gasteiger partial charge on any atom is -0.425 e. The number of hydrogen-bond donors (Lipinski definition) is 0. The first kappa shape index (κ1) is 15.8. The third-order valence-electron chi connectivity index (χ3n) is 3.63. The van der Waals surface area contributed by atoms with Gasteiger partial charge in [-0.05, 0) is 49.2 Å². The van der Waals surface area contributed by atoms with Gasteiger partial charge in [-0.1, -0.05) is 35.1 Å². The lowest BCUT2D eigenvalue weighted by molar-refractivity contribution is -0.135. The second-order valence-corrected chi connectivity index (χ2v) is 6.66. The molecule has 4 nitrogen and oxygen atoms in total. The molecule has 0 amide bonds. The van der Waals surface area contributed by atoms with Crippen LogP contribution in [0.5, 0.6) is 5.75 Å². The van der Waals surface area contributed by atoms with Crippen molar-refractivity contribution in [2.24, 2.45) is 0 Å². The van der Waals surface area contributed by atoms with E-state index < -0.39 is 5.97 Å². The number of carbonyl (C=O) groups excluding carboxylic acids is 1. The van der Waals surface area contributed by atoms with Gasteiger partial charge in [0.25, 0.3) is 0 Å². The van der Waals surface area contributed by atoms with Crippen LogP contribution in [0.3, 0.4) is 0 Å². The molecule has 0 bridgehead atoms. The first-order valence-corrected chi connectivity index (χ1v) is 8.21. The molecular weight excluding hydrogens is 334 g/mol. The van der Waals surface area contributed by atoms with Gasteiger partial charge in [-0.25, -0.2) is 4.79 Å². The Bertz CT molecular complexity index is 958. The maximum Gasteiger partial charge on any atom is 0.331 e. The van der Waals surface area contributed by atoms with Crippen molar-refractivity contribution in [2.45, 2.75) is 20.4 Å². The maximum atomic E-state index is 12.2. The van der Waals surface area contributed by atoms with Crippen molar-refractivity contribution in [2.75, 3.05) is 0 Å². The van der Waals surface area contributed by atoms with Crippen LogP contribution in [0.2, 0.25) is 5.02 Å². The third-order valence-corrected chi connectivity index (χ3v) is 4.88. The molecule has 1 heterocycles. The Hall–Kier alpha value is -2.11. The molecule has 118 valence electrons. The van der Waals surface area contributed by atoms with E-state index >= 15 is 0 Å². The average Bonchev–Trinajstić information content (AvgIpc) is 2.80. The van der Waals surface area contributed by atoms with Crippen molar-refractivity contribution in [1.82, 2.24) is 4.57 Å². The number of aryl methyl sites for hydroxylation is 2. The van der Waals surface area contributed by atoms with Gasteiger partial charge in [-0.15, -0.1) is 0 Å². The summed E-state index contributed by atoms with van der Waals surface area (Å²) in [5.74, 6) is -0.0354. The van der Waals surface area contributed by atoms with Gasteiger partial charge in [0.15, 0.2) is 0 Å². The van der Waals surface area contributed by atoms with E-state index in [-0.39, 0.29) is 11.4 Å². The summed E-state index contributed by atoms with van der Waals surface area (Å²) in [6, 6.07) is 10.7. The zero-order chi connectivity index (χ0) is 16.6. The first-order valence-electron chi connectivity index (χ1n) is 7.01. The lowest BCUT2D eigenvalue weighted by Gasteiger charge is -2.08. The van der Waals surface area contributed by atoms with E-state index in [1.807, 2.05) is 19.9 Å². The summed E-state index contributed by atoms with van der Waals surface area (Å²) < 4.78 is 7.43. The molecule has 0 N–H and O–H groups in total. The highest BCUT2D eigenvalue weighted by Gasteiger charge is 2.15. The highest BCUT2D eigenvalue weighted by Crippen LogP contribution is 2.25. The van der Waals surface area contributed by atoms with Crippen molar-refractivity contribution in [3.8, 4) is 5.75 Å². The van der Waals surface area contributed by atoms with Gasteiger partial charge < -0.3 is 4.74 Å². The largest absolute Gasteiger partial charge is 0.425 e. The SMILES string of the molecule is Cc1ccc(OC(=O)Cn2c(=O)sc3cccc(Cl)c32)cc1C. The Morgan fingerprint density at radius 3 is 2.74 bits per heavy atom. The molecule has 0 unspecified atom stereocenters. The molecule has 0 aliphatic heterocycles. The van der Waals surface area contributed by atoms with E-state index in [1.165, 1.54) is 4.57 Å². The Kier molecular flexibility index (Phi) is 4.24. The van der Waals surface area contributed by atoms with Crippen molar-refractivity contribution < 1.29 is 9.53 Å². The van der Waals surface area contributed by atoms with E-state index in [9.17, 15) is 9.59 Å². The van der Waals surface area contributed by atoms with E-state index in [0.29, 0.717) is 16.3 Å². The quantitative estimate of drug-likeness (QED) is 0.532. The minimum atomic E-state index is -0.505. The number of nitrogens with zero attached hydrogens (tertiary/aromatic N) is 1. The van der Waals surface area contributed by atoms with Crippen LogP contribution in [-0.4, -0.2) is 10.5 Å². The predicted octanol–water partition coefficient (Wildman–Crippen LogP) is 3.94. The highest BCUT2D eigenvalue weighted by molar-refractivity contribution is 7.16. The van der Waals surface area contributed by atoms with Crippen LogP contribution in [0.15, 0.2) is 41.2 Å². The molecule has 23 heavy (non-hydrogen) atoms. The van der Waals surface area contributed by atoms with E-state index in [4.69, 9.17) is 16.3 Å². The van der Waals surface area contributed by atoms with Crippen molar-refractivity contribution >= 4 is 39.1 Å². The Morgan fingerprint density at radius 1 is 1.22 bits per heavy atom. The molecule has 6 heteroatoms. The van der Waals surface area contributed by atoms with Crippen LogP contribution >= 0.6 is 22.9 Å². The average molecular weight is 348 g/mol. The molecule has 0 saturated carbocycles. The number of rotatable bonds is 3. The summed E-state index contributed by atoms with van der Waals surface area (Å²) in [7, 11) is 0. The normalized spacial score (nSPS) is 10.9. The zero-order valence-electron chi connectivity index (χ0n) is 12.6. The smallest absolute Gasteiger partial charge is 0.331 e. The molecule has 3 rings (SSSR count). The molecule has 3 aromatic rings. The van der Waals surface area contributed by atoms with Crippen molar-refractivity contribution in [3.05, 3.63) is 62.2 Å². The number of esters is 1. The van der Waals surface area contributed by atoms with Crippen molar-refractivity contribution in [3.63, 3.8) is 0 Å². The van der Waals surface area contributed by atoms with Crippen LogP contribution in [0.4, 0.5) is 0 Å². The fourth-order valence-electron chi connectivity index (χ4n) is 2.29. The Balaban J connectivity index is 1.87. The number of halogens is 1. The Morgan fingerprint density at radius 2 is 2.00 bits per heavy atom. The fourth-order valence-corrected chi connectivity index (χ4v) is 3.54. The Labute approximate surface area is 141 Å². The summed E-state index contributed by atoms with van der Waals surface area (Å²) in [5.41, 5.74) is 2.73. The number of benzene rings is 2. The molecule has 1 aromatic heterocycles. The van der Waals surface area contributed by atoms with Crippen LogP contribution in [0.25, 0.3) is 10.2 Å². The summed E-state index contributed by atoms with van der Waals surface area (Å²) in [6.07, 6.45) is 0. The van der Waals surface area contributed by atoms with Gasteiger partial charge in [-0.3, -0.25) is 9.36 Å². The topological polar surface area (TPSA) is 48.3 Å². The standard InChI is InChI=1S/C17H14ClNO3S/c1-10-6-7-12(8-11(10)2)22-15(20)9-19-16-13(18)4-3-5-14(16)23-17(19)21/h3-8H,9H2,1-2H3. The van der Waals surface area contributed by atoms with Gasteiger partial charge in [0.2, 0.25) is 0 Å². The van der Waals surface area contributed by atoms with Gasteiger partial charge in [0.05, 0.1) is 15.2 Å². The molecule has 2 aromatic carbocycles. The molecule has 0 saturated heterocycles. The molecule has 0 fully saturated rings. The molecule has 0 spiro atoms. The lowest BCUT2D eigenvalue weighted by atomic mass is 10.1. The summed E-state index contributed by atoms with van der Waals surface area (Å²) in [4.78, 5) is 24.0. The van der Waals surface area contributed by atoms with Gasteiger partial charge in [0, 0.05) is 0 Å². The van der Waals surface area contributed by atoms with Crippen molar-refractivity contribution in [1.29, 1.82) is 0 Å². The second-order valence-electron chi connectivity index (χ2n) is 5.26. The predicted molar refractivity (Wildman–Crippen MR) is 92.6 cm³/mol. The van der Waals surface area contributed by atoms with Crippen LogP contribution in [0.1, 0.15) is 11.1 Å². The molecule has 0 atom stereocenters. The van der Waals surface area contributed by atoms with E-state index in [0.717, 1.165) is 27.2 Å². The molecular formula is C17H14ClNO3S. The number of carbonyl (C=O) groups is 1. The second kappa shape index (κ2) is 6.18. The maximum absolute atomic E-state index is 12.2. The summed E-state index contributed by atoms with van der Waals surface area (Å²) in [5, 5.41) is 0.444. The van der Waals surface area contributed by atoms with E-state index in [2.05, 4.69) is 0 Å². The number of para-hydroxylation sites is 1. The molecule has 0 aliphatic carbocycles. The van der Waals surface area contributed by atoms with E-state index in [1.54, 1.807) is 30.3 Å². The summed E-state index contributed by atoms with van der Waals surface area (Å²) in [6.45, 7) is 3.76. The lowest BCUT2D eigenvalue weighted by Crippen LogP contribution is -2.22. The minimum absolute atomic E-state index is 0.171. The van der Waals surface area contributed by atoms with Gasteiger partial charge >= 0.3 is 10.8 Å². The molecule has 0 radical (unpaired) electrons. The van der Waals surface area contributed by atoms with Crippen LogP contribution in [0, 0.1) is 13.8 Å². The number of fused-ring (bicyclic) bond motifs is 1. The van der Waals surface area contributed by atoms with Gasteiger partial charge in [0.1, 0.15) is 12.3 Å². The number of aromatic nitrogens is 1. The zero-order valence-corrected chi connectivity index (χ0v) is 14.2. The van der Waals surface area contributed by atoms with Crippen LogP contribution in [-0.2, 0) is 11.3 Å². The number of thiazole rings is 1.